The monoisotopic (exact) mass is 216 g/mol. The fourth-order valence-electron chi connectivity index (χ4n) is 1.69. The third kappa shape index (κ3) is 1.84. The summed E-state index contributed by atoms with van der Waals surface area (Å²) in [5.74, 6) is 1.56. The summed E-state index contributed by atoms with van der Waals surface area (Å²) in [5, 5.41) is 4.38. The molecule has 4 heteroatoms. The lowest BCUT2D eigenvalue weighted by atomic mass is 10.1. The summed E-state index contributed by atoms with van der Waals surface area (Å²) in [6, 6.07) is 6.28. The van der Waals surface area contributed by atoms with E-state index >= 15 is 0 Å². The fraction of sp³-hybridized carbons (Fsp3) is 0.333. The van der Waals surface area contributed by atoms with Crippen molar-refractivity contribution in [2.75, 3.05) is 0 Å². The van der Waals surface area contributed by atoms with Crippen LogP contribution in [0, 0.1) is 13.8 Å². The fourth-order valence-corrected chi connectivity index (χ4v) is 1.69. The van der Waals surface area contributed by atoms with Gasteiger partial charge in [-0.1, -0.05) is 17.7 Å². The van der Waals surface area contributed by atoms with E-state index in [0.717, 1.165) is 17.2 Å². The SMILES string of the molecule is Cc1ccc(C)c(-c2nc(CN)n(C)n2)c1. The molecule has 16 heavy (non-hydrogen) atoms. The topological polar surface area (TPSA) is 56.7 Å². The predicted molar refractivity (Wildman–Crippen MR) is 63.8 cm³/mol. The molecule has 0 spiro atoms. The average Bonchev–Trinajstić information content (AvgIpc) is 2.63. The first-order chi connectivity index (χ1) is 7.61. The van der Waals surface area contributed by atoms with Crippen LogP contribution in [-0.4, -0.2) is 14.8 Å². The number of nitrogens with zero attached hydrogens (tertiary/aromatic N) is 3. The van der Waals surface area contributed by atoms with Gasteiger partial charge in [0.1, 0.15) is 5.82 Å². The molecule has 0 radical (unpaired) electrons. The molecule has 0 atom stereocenters. The molecule has 2 N–H and O–H groups in total. The highest BCUT2D eigenvalue weighted by atomic mass is 15.3. The van der Waals surface area contributed by atoms with Gasteiger partial charge in [0.2, 0.25) is 0 Å². The molecule has 0 unspecified atom stereocenters. The van der Waals surface area contributed by atoms with Crippen LogP contribution in [0.15, 0.2) is 18.2 Å². The van der Waals surface area contributed by atoms with Crippen LogP contribution in [0.4, 0.5) is 0 Å². The minimum Gasteiger partial charge on any atom is -0.324 e. The van der Waals surface area contributed by atoms with Crippen molar-refractivity contribution in [2.24, 2.45) is 12.8 Å². The molecule has 84 valence electrons. The highest BCUT2D eigenvalue weighted by Crippen LogP contribution is 2.21. The third-order valence-corrected chi connectivity index (χ3v) is 2.67. The maximum atomic E-state index is 5.59. The van der Waals surface area contributed by atoms with Gasteiger partial charge in [0.15, 0.2) is 5.82 Å². The van der Waals surface area contributed by atoms with Crippen LogP contribution >= 0.6 is 0 Å². The first-order valence-electron chi connectivity index (χ1n) is 5.29. The molecule has 0 fully saturated rings. The maximum absolute atomic E-state index is 5.59. The van der Waals surface area contributed by atoms with Crippen molar-refractivity contribution in [3.63, 3.8) is 0 Å². The molecular weight excluding hydrogens is 200 g/mol. The van der Waals surface area contributed by atoms with Crippen LogP contribution in [0.2, 0.25) is 0 Å². The third-order valence-electron chi connectivity index (χ3n) is 2.67. The Morgan fingerprint density at radius 2 is 2.06 bits per heavy atom. The molecule has 0 amide bonds. The molecule has 1 aromatic carbocycles. The summed E-state index contributed by atoms with van der Waals surface area (Å²) >= 11 is 0. The largest absolute Gasteiger partial charge is 0.324 e. The first kappa shape index (κ1) is 10.8. The number of rotatable bonds is 2. The summed E-state index contributed by atoms with van der Waals surface area (Å²) < 4.78 is 1.73. The van der Waals surface area contributed by atoms with Crippen molar-refractivity contribution < 1.29 is 0 Å². The standard InChI is InChI=1S/C12H16N4/c1-8-4-5-9(2)10(6-8)12-14-11(7-13)16(3)15-12/h4-6H,7,13H2,1-3H3. The Bertz CT molecular complexity index is 514. The van der Waals surface area contributed by atoms with Gasteiger partial charge in [-0.2, -0.15) is 5.10 Å². The van der Waals surface area contributed by atoms with Gasteiger partial charge in [0.05, 0.1) is 6.54 Å². The van der Waals surface area contributed by atoms with Crippen LogP contribution in [0.25, 0.3) is 11.4 Å². The lowest BCUT2D eigenvalue weighted by Gasteiger charge is -2.02. The lowest BCUT2D eigenvalue weighted by Crippen LogP contribution is -2.05. The normalized spacial score (nSPS) is 10.8. The minimum absolute atomic E-state index is 0.411. The van der Waals surface area contributed by atoms with Crippen LogP contribution in [-0.2, 0) is 13.6 Å². The Kier molecular flexibility index (Phi) is 2.75. The van der Waals surface area contributed by atoms with E-state index in [4.69, 9.17) is 5.73 Å². The second-order valence-corrected chi connectivity index (χ2v) is 4.00. The maximum Gasteiger partial charge on any atom is 0.181 e. The van der Waals surface area contributed by atoms with E-state index in [9.17, 15) is 0 Å². The molecule has 0 saturated heterocycles. The summed E-state index contributed by atoms with van der Waals surface area (Å²) in [7, 11) is 1.86. The number of benzene rings is 1. The van der Waals surface area contributed by atoms with E-state index in [2.05, 4.69) is 42.1 Å². The molecule has 1 heterocycles. The van der Waals surface area contributed by atoms with Crippen molar-refractivity contribution in [1.29, 1.82) is 0 Å². The highest BCUT2D eigenvalue weighted by molar-refractivity contribution is 5.60. The summed E-state index contributed by atoms with van der Waals surface area (Å²) in [6.45, 7) is 4.54. The number of aryl methyl sites for hydroxylation is 3. The van der Waals surface area contributed by atoms with Gasteiger partial charge in [-0.15, -0.1) is 0 Å². The summed E-state index contributed by atoms with van der Waals surface area (Å²) in [5.41, 5.74) is 9.06. The van der Waals surface area contributed by atoms with Crippen molar-refractivity contribution in [1.82, 2.24) is 14.8 Å². The number of aromatic nitrogens is 3. The Balaban J connectivity index is 2.53. The lowest BCUT2D eigenvalue weighted by molar-refractivity contribution is 0.703. The second kappa shape index (κ2) is 4.06. The van der Waals surface area contributed by atoms with Gasteiger partial charge in [-0.25, -0.2) is 4.98 Å². The highest BCUT2D eigenvalue weighted by Gasteiger charge is 2.10. The molecule has 1 aromatic heterocycles. The van der Waals surface area contributed by atoms with E-state index in [1.165, 1.54) is 11.1 Å². The van der Waals surface area contributed by atoms with Crippen LogP contribution in [0.3, 0.4) is 0 Å². The van der Waals surface area contributed by atoms with Crippen molar-refractivity contribution >= 4 is 0 Å². The van der Waals surface area contributed by atoms with E-state index in [0.29, 0.717) is 6.54 Å². The predicted octanol–water partition coefficient (Wildman–Crippen LogP) is 1.56. The zero-order valence-electron chi connectivity index (χ0n) is 9.86. The summed E-state index contributed by atoms with van der Waals surface area (Å²) in [4.78, 5) is 4.43. The van der Waals surface area contributed by atoms with Crippen LogP contribution in [0.1, 0.15) is 17.0 Å². The van der Waals surface area contributed by atoms with Gasteiger partial charge in [-0.3, -0.25) is 4.68 Å². The zero-order valence-corrected chi connectivity index (χ0v) is 9.86. The molecule has 0 aliphatic carbocycles. The second-order valence-electron chi connectivity index (χ2n) is 4.00. The van der Waals surface area contributed by atoms with Gasteiger partial charge in [-0.05, 0) is 25.5 Å². The van der Waals surface area contributed by atoms with E-state index in [1.807, 2.05) is 7.05 Å². The number of nitrogens with two attached hydrogens (primary N) is 1. The molecule has 2 rings (SSSR count). The van der Waals surface area contributed by atoms with Crippen molar-refractivity contribution in [3.05, 3.63) is 35.2 Å². The first-order valence-corrected chi connectivity index (χ1v) is 5.29. The Labute approximate surface area is 95.1 Å². The van der Waals surface area contributed by atoms with Gasteiger partial charge in [0.25, 0.3) is 0 Å². The van der Waals surface area contributed by atoms with Gasteiger partial charge >= 0.3 is 0 Å². The number of hydrogen-bond donors (Lipinski definition) is 1. The molecule has 4 nitrogen and oxygen atoms in total. The minimum atomic E-state index is 0.411. The van der Waals surface area contributed by atoms with E-state index in [-0.39, 0.29) is 0 Å². The molecule has 2 aromatic rings. The van der Waals surface area contributed by atoms with E-state index in [1.54, 1.807) is 4.68 Å². The van der Waals surface area contributed by atoms with Gasteiger partial charge in [0, 0.05) is 12.6 Å². The molecule has 0 bridgehead atoms. The quantitative estimate of drug-likeness (QED) is 0.828. The molecule has 0 aliphatic heterocycles. The zero-order chi connectivity index (χ0) is 11.7. The summed E-state index contributed by atoms with van der Waals surface area (Å²) in [6.07, 6.45) is 0. The van der Waals surface area contributed by atoms with Crippen molar-refractivity contribution in [3.8, 4) is 11.4 Å². The van der Waals surface area contributed by atoms with E-state index < -0.39 is 0 Å². The van der Waals surface area contributed by atoms with Crippen LogP contribution in [0.5, 0.6) is 0 Å². The van der Waals surface area contributed by atoms with Crippen molar-refractivity contribution in [2.45, 2.75) is 20.4 Å². The smallest absolute Gasteiger partial charge is 0.181 e. The average molecular weight is 216 g/mol. The Morgan fingerprint density at radius 3 is 2.69 bits per heavy atom. The molecule has 0 saturated carbocycles. The molecular formula is C12H16N4. The van der Waals surface area contributed by atoms with Gasteiger partial charge < -0.3 is 5.73 Å². The Hall–Kier alpha value is -1.68. The Morgan fingerprint density at radius 1 is 1.31 bits per heavy atom. The molecule has 0 aliphatic rings. The number of hydrogen-bond acceptors (Lipinski definition) is 3. The van der Waals surface area contributed by atoms with Crippen LogP contribution < -0.4 is 5.73 Å².